The van der Waals surface area contributed by atoms with Crippen molar-refractivity contribution in [1.82, 2.24) is 14.8 Å². The van der Waals surface area contributed by atoms with E-state index in [0.29, 0.717) is 0 Å². The molecule has 0 radical (unpaired) electrons. The van der Waals surface area contributed by atoms with Gasteiger partial charge >= 0.3 is 0 Å². The van der Waals surface area contributed by atoms with Crippen molar-refractivity contribution in [2.24, 2.45) is 7.05 Å². The van der Waals surface area contributed by atoms with Crippen LogP contribution < -0.4 is 0 Å². The Bertz CT molecular complexity index is 470. The van der Waals surface area contributed by atoms with E-state index in [-0.39, 0.29) is 6.61 Å². The fourth-order valence-electron chi connectivity index (χ4n) is 1.51. The maximum atomic E-state index is 8.74. The van der Waals surface area contributed by atoms with Gasteiger partial charge in [-0.05, 0) is 6.42 Å². The number of hydrogen-bond acceptors (Lipinski definition) is 4. The highest BCUT2D eigenvalue weighted by molar-refractivity contribution is 7.99. The number of rotatable bonds is 5. The maximum absolute atomic E-state index is 8.74. The van der Waals surface area contributed by atoms with E-state index in [1.165, 1.54) is 0 Å². The quantitative estimate of drug-likeness (QED) is 0.650. The minimum atomic E-state index is 0.219. The molecule has 1 aromatic heterocycles. The number of hydrogen-bond donors (Lipinski definition) is 1. The number of thioether (sulfide) groups is 1. The number of aliphatic hydroxyl groups is 1. The lowest BCUT2D eigenvalue weighted by Crippen LogP contribution is -1.95. The molecule has 0 aliphatic rings. The number of aromatic nitrogens is 3. The van der Waals surface area contributed by atoms with Crippen LogP contribution in [0.4, 0.5) is 0 Å². The fraction of sp³-hybridized carbons (Fsp3) is 0.333. The van der Waals surface area contributed by atoms with Gasteiger partial charge in [0.05, 0.1) is 0 Å². The molecule has 17 heavy (non-hydrogen) atoms. The Labute approximate surface area is 105 Å². The fourth-order valence-corrected chi connectivity index (χ4v) is 2.34. The number of nitrogens with zero attached hydrogens (tertiary/aromatic N) is 3. The summed E-state index contributed by atoms with van der Waals surface area (Å²) in [7, 11) is 1.96. The van der Waals surface area contributed by atoms with Crippen LogP contribution in [0.25, 0.3) is 11.4 Å². The molecule has 0 aliphatic carbocycles. The Morgan fingerprint density at radius 1 is 1.24 bits per heavy atom. The van der Waals surface area contributed by atoms with Gasteiger partial charge in [0.2, 0.25) is 0 Å². The van der Waals surface area contributed by atoms with Gasteiger partial charge in [-0.3, -0.25) is 0 Å². The highest BCUT2D eigenvalue weighted by Gasteiger charge is 2.10. The van der Waals surface area contributed by atoms with Crippen LogP contribution in [-0.2, 0) is 7.05 Å². The Balaban J connectivity index is 2.15. The molecule has 2 aromatic rings. The lowest BCUT2D eigenvalue weighted by atomic mass is 10.2. The predicted octanol–water partition coefficient (Wildman–Crippen LogP) is 1.96. The molecule has 0 unspecified atom stereocenters. The first-order chi connectivity index (χ1) is 8.33. The molecule has 0 fully saturated rings. The van der Waals surface area contributed by atoms with E-state index in [9.17, 15) is 0 Å². The molecule has 0 bridgehead atoms. The van der Waals surface area contributed by atoms with Gasteiger partial charge in [0.25, 0.3) is 0 Å². The summed E-state index contributed by atoms with van der Waals surface area (Å²) in [5, 5.41) is 18.0. The lowest BCUT2D eigenvalue weighted by Gasteiger charge is -2.03. The van der Waals surface area contributed by atoms with Crippen molar-refractivity contribution < 1.29 is 5.11 Å². The second-order valence-corrected chi connectivity index (χ2v) is 4.72. The molecular weight excluding hydrogens is 234 g/mol. The molecule has 0 saturated carbocycles. The van der Waals surface area contributed by atoms with E-state index in [1.54, 1.807) is 11.8 Å². The zero-order valence-electron chi connectivity index (χ0n) is 9.71. The monoisotopic (exact) mass is 249 g/mol. The van der Waals surface area contributed by atoms with Gasteiger partial charge in [0, 0.05) is 25.0 Å². The van der Waals surface area contributed by atoms with Crippen molar-refractivity contribution in [2.75, 3.05) is 12.4 Å². The summed E-state index contributed by atoms with van der Waals surface area (Å²) in [6, 6.07) is 10.0. The Morgan fingerprint density at radius 2 is 2.00 bits per heavy atom. The molecule has 0 amide bonds. The summed E-state index contributed by atoms with van der Waals surface area (Å²) < 4.78 is 1.98. The summed E-state index contributed by atoms with van der Waals surface area (Å²) in [5.74, 6) is 1.73. The molecule has 1 N–H and O–H groups in total. The van der Waals surface area contributed by atoms with Crippen LogP contribution in [-0.4, -0.2) is 32.2 Å². The number of aliphatic hydroxyl groups excluding tert-OH is 1. The highest BCUT2D eigenvalue weighted by Crippen LogP contribution is 2.22. The van der Waals surface area contributed by atoms with Crippen LogP contribution in [0, 0.1) is 0 Å². The molecule has 4 nitrogen and oxygen atoms in total. The normalized spacial score (nSPS) is 10.7. The van der Waals surface area contributed by atoms with Gasteiger partial charge in [0.1, 0.15) is 0 Å². The third kappa shape index (κ3) is 2.87. The summed E-state index contributed by atoms with van der Waals surface area (Å²) in [6.07, 6.45) is 0.776. The molecule has 2 rings (SSSR count). The highest BCUT2D eigenvalue weighted by atomic mass is 32.2. The van der Waals surface area contributed by atoms with Crippen molar-refractivity contribution in [2.45, 2.75) is 11.6 Å². The minimum Gasteiger partial charge on any atom is -0.396 e. The van der Waals surface area contributed by atoms with Gasteiger partial charge in [-0.2, -0.15) is 0 Å². The SMILES string of the molecule is Cn1c(SCCCO)nnc1-c1ccccc1. The van der Waals surface area contributed by atoms with E-state index < -0.39 is 0 Å². The van der Waals surface area contributed by atoms with E-state index in [4.69, 9.17) is 5.11 Å². The Kier molecular flexibility index (Phi) is 4.17. The van der Waals surface area contributed by atoms with Gasteiger partial charge in [0.15, 0.2) is 11.0 Å². The summed E-state index contributed by atoms with van der Waals surface area (Å²) in [6.45, 7) is 0.219. The number of benzene rings is 1. The van der Waals surface area contributed by atoms with E-state index in [1.807, 2.05) is 41.9 Å². The molecule has 90 valence electrons. The second-order valence-electron chi connectivity index (χ2n) is 3.66. The van der Waals surface area contributed by atoms with Crippen LogP contribution in [0.2, 0.25) is 0 Å². The second kappa shape index (κ2) is 5.84. The van der Waals surface area contributed by atoms with Gasteiger partial charge in [-0.15, -0.1) is 10.2 Å². The average molecular weight is 249 g/mol. The average Bonchev–Trinajstić information content (AvgIpc) is 2.73. The molecule has 0 saturated heterocycles. The van der Waals surface area contributed by atoms with E-state index >= 15 is 0 Å². The topological polar surface area (TPSA) is 50.9 Å². The van der Waals surface area contributed by atoms with Crippen molar-refractivity contribution in [3.63, 3.8) is 0 Å². The maximum Gasteiger partial charge on any atom is 0.191 e. The van der Waals surface area contributed by atoms with Crippen molar-refractivity contribution in [3.8, 4) is 11.4 Å². The first-order valence-corrected chi connectivity index (χ1v) is 6.50. The standard InChI is InChI=1S/C12H15N3OS/c1-15-11(10-6-3-2-4-7-10)13-14-12(15)17-9-5-8-16/h2-4,6-7,16H,5,8-9H2,1H3. The summed E-state index contributed by atoms with van der Waals surface area (Å²) in [4.78, 5) is 0. The molecule has 0 atom stereocenters. The molecule has 1 aromatic carbocycles. The zero-order valence-corrected chi connectivity index (χ0v) is 10.5. The van der Waals surface area contributed by atoms with Crippen LogP contribution in [0.3, 0.4) is 0 Å². The molecule has 5 heteroatoms. The smallest absolute Gasteiger partial charge is 0.191 e. The van der Waals surface area contributed by atoms with Crippen molar-refractivity contribution in [1.29, 1.82) is 0 Å². The van der Waals surface area contributed by atoms with Gasteiger partial charge in [-0.1, -0.05) is 42.1 Å². The predicted molar refractivity (Wildman–Crippen MR) is 68.9 cm³/mol. The van der Waals surface area contributed by atoms with Crippen molar-refractivity contribution in [3.05, 3.63) is 30.3 Å². The van der Waals surface area contributed by atoms with Crippen LogP contribution >= 0.6 is 11.8 Å². The Morgan fingerprint density at radius 3 is 2.71 bits per heavy atom. The van der Waals surface area contributed by atoms with Gasteiger partial charge < -0.3 is 9.67 Å². The third-order valence-corrected chi connectivity index (χ3v) is 3.51. The molecule has 1 heterocycles. The first-order valence-electron chi connectivity index (χ1n) is 5.51. The molecule has 0 spiro atoms. The first kappa shape index (κ1) is 12.1. The summed E-state index contributed by atoms with van der Waals surface area (Å²) >= 11 is 1.62. The largest absolute Gasteiger partial charge is 0.396 e. The van der Waals surface area contributed by atoms with Gasteiger partial charge in [-0.25, -0.2) is 0 Å². The minimum absolute atomic E-state index is 0.219. The van der Waals surface area contributed by atoms with Crippen LogP contribution in [0.5, 0.6) is 0 Å². The van der Waals surface area contributed by atoms with E-state index in [2.05, 4.69) is 10.2 Å². The molecular formula is C12H15N3OS. The lowest BCUT2D eigenvalue weighted by molar-refractivity contribution is 0.296. The Hall–Kier alpha value is -1.33. The van der Waals surface area contributed by atoms with E-state index in [0.717, 1.165) is 28.7 Å². The summed E-state index contributed by atoms with van der Waals surface area (Å²) in [5.41, 5.74) is 1.07. The van der Waals surface area contributed by atoms with Crippen molar-refractivity contribution >= 4 is 11.8 Å². The van der Waals surface area contributed by atoms with Crippen LogP contribution in [0.15, 0.2) is 35.5 Å². The van der Waals surface area contributed by atoms with Crippen LogP contribution in [0.1, 0.15) is 6.42 Å². The zero-order chi connectivity index (χ0) is 12.1. The molecule has 0 aliphatic heterocycles. The third-order valence-electron chi connectivity index (χ3n) is 2.40.